The van der Waals surface area contributed by atoms with Crippen LogP contribution >= 0.6 is 11.6 Å². The molecule has 1 saturated carbocycles. The fourth-order valence-corrected chi connectivity index (χ4v) is 7.98. The molecule has 2 fully saturated rings. The molecular weight excluding hydrogens is 584 g/mol. The predicted octanol–water partition coefficient (Wildman–Crippen LogP) is 6.55. The molecule has 0 radical (unpaired) electrons. The molecule has 1 aliphatic carbocycles. The van der Waals surface area contributed by atoms with Crippen LogP contribution in [-0.2, 0) is 27.8 Å². The van der Waals surface area contributed by atoms with Gasteiger partial charge < -0.3 is 19.5 Å². The minimum absolute atomic E-state index is 0.0532. The van der Waals surface area contributed by atoms with Gasteiger partial charge in [-0.25, -0.2) is 8.42 Å². The minimum Gasteiger partial charge on any atom is -0.487 e. The number of benzene rings is 2. The lowest BCUT2D eigenvalue weighted by molar-refractivity contribution is 0.0465. The van der Waals surface area contributed by atoms with Gasteiger partial charge in [0.15, 0.2) is 6.23 Å². The maximum Gasteiger partial charge on any atom is 0.216 e. The molecule has 5 rings (SSSR count). The Bertz CT molecular complexity index is 1420. The first-order valence-corrected chi connectivity index (χ1v) is 17.4. The lowest BCUT2D eigenvalue weighted by Crippen LogP contribution is -2.43. The highest BCUT2D eigenvalue weighted by Crippen LogP contribution is 2.44. The number of rotatable bonds is 11. The van der Waals surface area contributed by atoms with Gasteiger partial charge in [-0.3, -0.25) is 0 Å². The third-order valence-electron chi connectivity index (χ3n) is 9.54. The lowest BCUT2D eigenvalue weighted by atomic mass is 9.70. The Hall–Kier alpha value is -2.36. The van der Waals surface area contributed by atoms with Gasteiger partial charge in [-0.05, 0) is 104 Å². The highest BCUT2D eigenvalue weighted by Gasteiger charge is 2.45. The van der Waals surface area contributed by atoms with Gasteiger partial charge in [0.25, 0.3) is 0 Å². The Kier molecular flexibility index (Phi) is 10.2. The van der Waals surface area contributed by atoms with E-state index in [1.165, 1.54) is 5.56 Å². The fourth-order valence-electron chi connectivity index (χ4n) is 6.35. The van der Waals surface area contributed by atoms with Crippen LogP contribution in [0.1, 0.15) is 68.7 Å². The zero-order valence-electron chi connectivity index (χ0n) is 25.3. The smallest absolute Gasteiger partial charge is 0.216 e. The maximum absolute atomic E-state index is 13.0. The molecule has 2 aliphatic heterocycles. The Balaban J connectivity index is 1.40. The molecule has 2 N–H and O–H groups in total. The molecule has 7 atom stereocenters. The number of aryl methyl sites for hydroxylation is 1. The Morgan fingerprint density at radius 2 is 1.95 bits per heavy atom. The third-order valence-corrected chi connectivity index (χ3v) is 11.8. The van der Waals surface area contributed by atoms with E-state index >= 15 is 0 Å². The summed E-state index contributed by atoms with van der Waals surface area (Å²) in [5, 5.41) is 10.7. The average Bonchev–Trinajstić information content (AvgIpc) is 3.73. The topological polar surface area (TPSA) is 91.4 Å². The number of aliphatic hydroxyl groups is 1. The average molecular weight is 629 g/mol. The molecule has 0 aromatic heterocycles. The molecule has 2 aromatic carbocycles. The van der Waals surface area contributed by atoms with Gasteiger partial charge in [0.05, 0.1) is 17.0 Å². The van der Waals surface area contributed by atoms with Gasteiger partial charge >= 0.3 is 0 Å². The van der Waals surface area contributed by atoms with E-state index in [4.69, 9.17) is 21.1 Å². The molecule has 9 heteroatoms. The van der Waals surface area contributed by atoms with Crippen molar-refractivity contribution in [3.05, 3.63) is 83.4 Å². The van der Waals surface area contributed by atoms with Crippen molar-refractivity contribution in [3.8, 4) is 5.75 Å². The van der Waals surface area contributed by atoms with E-state index < -0.39 is 27.6 Å². The summed E-state index contributed by atoms with van der Waals surface area (Å²) in [5.74, 6) is 1.27. The number of anilines is 1. The summed E-state index contributed by atoms with van der Waals surface area (Å²) in [7, 11) is -3.57. The molecular formula is C34H45ClN2O5S. The summed E-state index contributed by atoms with van der Waals surface area (Å²) >= 11 is 6.33. The van der Waals surface area contributed by atoms with E-state index in [0.29, 0.717) is 18.9 Å². The van der Waals surface area contributed by atoms with E-state index in [0.717, 1.165) is 72.8 Å². The number of nitrogens with one attached hydrogen (secondary N) is 1. The van der Waals surface area contributed by atoms with Gasteiger partial charge in [-0.2, -0.15) is 4.72 Å². The van der Waals surface area contributed by atoms with Crippen molar-refractivity contribution in [2.24, 2.45) is 17.8 Å². The molecule has 2 unspecified atom stereocenters. The van der Waals surface area contributed by atoms with Gasteiger partial charge in [0.2, 0.25) is 10.0 Å². The quantitative estimate of drug-likeness (QED) is 0.217. The second kappa shape index (κ2) is 13.7. The second-order valence-corrected chi connectivity index (χ2v) is 14.9. The van der Waals surface area contributed by atoms with E-state index in [9.17, 15) is 13.5 Å². The number of hydrogen-bond acceptors (Lipinski definition) is 6. The van der Waals surface area contributed by atoms with Crippen LogP contribution in [0.2, 0.25) is 5.02 Å². The molecule has 234 valence electrons. The molecule has 2 aromatic rings. The summed E-state index contributed by atoms with van der Waals surface area (Å²) in [6.45, 7) is 13.3. The van der Waals surface area contributed by atoms with Crippen molar-refractivity contribution >= 4 is 27.3 Å². The molecule has 0 spiro atoms. The normalized spacial score (nSPS) is 25.9. The SMILES string of the molecule is C=CC[C@H](C)[C@@H](C)S(=O)(=O)NC1OC1c1ccc2c(c1)N(C[C@@H]1CC[C@H]1[C@@H](O)C=C)CCCCc1cc(Cl)ccc1CO2. The standard InChI is InChI=1S/C34H45ClN2O5S/c1-5-9-22(3)23(4)43(39,40)36-34-33(42-34)25-13-16-32-30(19-25)37(20-26-12-15-29(26)31(38)6-2)17-8-7-10-24-18-28(35)14-11-27(24)21-41-32/h5-6,11,13-14,16,18-19,22-23,26,29,31,33-34,36,38H,1-2,7-10,12,15,17,20-21H2,3-4H3/t22-,23+,26-,29+,31-,33?,34?/m0/s1. The van der Waals surface area contributed by atoms with Crippen molar-refractivity contribution in [1.82, 2.24) is 4.72 Å². The number of hydrogen-bond donors (Lipinski definition) is 2. The Labute approximate surface area is 262 Å². The van der Waals surface area contributed by atoms with Crippen LogP contribution in [0.25, 0.3) is 0 Å². The molecule has 7 nitrogen and oxygen atoms in total. The first-order chi connectivity index (χ1) is 20.6. The number of epoxide rings is 1. The van der Waals surface area contributed by atoms with Gasteiger partial charge in [0, 0.05) is 18.1 Å². The van der Waals surface area contributed by atoms with Crippen molar-refractivity contribution in [2.75, 3.05) is 18.0 Å². The summed E-state index contributed by atoms with van der Waals surface area (Å²) in [5.41, 5.74) is 4.22. The van der Waals surface area contributed by atoms with Crippen LogP contribution in [0.5, 0.6) is 5.75 Å². The summed E-state index contributed by atoms with van der Waals surface area (Å²) < 4.78 is 41.2. The number of sulfonamides is 1. The van der Waals surface area contributed by atoms with Gasteiger partial charge in [-0.15, -0.1) is 13.2 Å². The van der Waals surface area contributed by atoms with Crippen molar-refractivity contribution in [3.63, 3.8) is 0 Å². The predicted molar refractivity (Wildman–Crippen MR) is 173 cm³/mol. The van der Waals surface area contributed by atoms with Gasteiger partial charge in [-0.1, -0.05) is 42.8 Å². The zero-order chi connectivity index (χ0) is 30.7. The van der Waals surface area contributed by atoms with Crippen molar-refractivity contribution < 1.29 is 23.0 Å². The Morgan fingerprint density at radius 1 is 1.14 bits per heavy atom. The number of nitrogens with zero attached hydrogens (tertiary/aromatic N) is 1. The highest BCUT2D eigenvalue weighted by atomic mass is 35.5. The third kappa shape index (κ3) is 7.48. The fraction of sp³-hybridized carbons (Fsp3) is 0.529. The summed E-state index contributed by atoms with van der Waals surface area (Å²) in [4.78, 5) is 2.38. The molecule has 1 saturated heterocycles. The summed E-state index contributed by atoms with van der Waals surface area (Å²) in [6, 6.07) is 12.0. The number of aliphatic hydroxyl groups excluding tert-OH is 1. The van der Waals surface area contributed by atoms with Crippen LogP contribution in [0.3, 0.4) is 0 Å². The highest BCUT2D eigenvalue weighted by molar-refractivity contribution is 7.90. The lowest BCUT2D eigenvalue weighted by Gasteiger charge is -2.42. The maximum atomic E-state index is 13.0. The van der Waals surface area contributed by atoms with E-state index in [1.54, 1.807) is 19.1 Å². The molecule has 0 amide bonds. The molecule has 0 bridgehead atoms. The largest absolute Gasteiger partial charge is 0.487 e. The molecule has 2 heterocycles. The number of fused-ring (bicyclic) bond motifs is 2. The van der Waals surface area contributed by atoms with Crippen molar-refractivity contribution in [2.45, 2.75) is 82.7 Å². The Morgan fingerprint density at radius 3 is 2.67 bits per heavy atom. The number of ether oxygens (including phenoxy) is 2. The van der Waals surface area contributed by atoms with Crippen molar-refractivity contribution in [1.29, 1.82) is 0 Å². The molecule has 3 aliphatic rings. The first-order valence-electron chi connectivity index (χ1n) is 15.5. The minimum atomic E-state index is -3.57. The van der Waals surface area contributed by atoms with E-state index in [-0.39, 0.29) is 17.9 Å². The summed E-state index contributed by atoms with van der Waals surface area (Å²) in [6.07, 6.45) is 7.52. The van der Waals surface area contributed by atoms with Crippen LogP contribution in [-0.4, -0.2) is 44.2 Å². The van der Waals surface area contributed by atoms with Crippen LogP contribution in [0.4, 0.5) is 5.69 Å². The first kappa shape index (κ1) is 32.0. The van der Waals surface area contributed by atoms with Gasteiger partial charge in [0.1, 0.15) is 18.5 Å². The monoisotopic (exact) mass is 628 g/mol. The van der Waals surface area contributed by atoms with E-state index in [2.05, 4.69) is 28.8 Å². The van der Waals surface area contributed by atoms with Crippen LogP contribution in [0.15, 0.2) is 61.7 Å². The van der Waals surface area contributed by atoms with Crippen LogP contribution in [0, 0.1) is 17.8 Å². The van der Waals surface area contributed by atoms with E-state index in [1.807, 2.05) is 37.3 Å². The number of halogens is 1. The number of allylic oxidation sites excluding steroid dienone is 1. The zero-order valence-corrected chi connectivity index (χ0v) is 26.8. The molecule has 43 heavy (non-hydrogen) atoms. The second-order valence-electron chi connectivity index (χ2n) is 12.4. The van der Waals surface area contributed by atoms with Crippen LogP contribution < -0.4 is 14.4 Å².